The van der Waals surface area contributed by atoms with Crippen LogP contribution in [0.3, 0.4) is 0 Å². The van der Waals surface area contributed by atoms with Gasteiger partial charge in [-0.15, -0.1) is 0 Å². The minimum Gasteiger partial charge on any atom is -0.481 e. The Kier molecular flexibility index (Phi) is 4.25. The highest BCUT2D eigenvalue weighted by molar-refractivity contribution is 6.30. The van der Waals surface area contributed by atoms with E-state index < -0.39 is 24.1 Å². The predicted molar refractivity (Wildman–Crippen MR) is 55.5 cm³/mol. The molecule has 0 atom stereocenters. The molecule has 0 aromatic heterocycles. The van der Waals surface area contributed by atoms with Gasteiger partial charge >= 0.3 is 5.97 Å². The number of halogens is 2. The first-order chi connectivity index (χ1) is 7.49. The Morgan fingerprint density at radius 1 is 1.44 bits per heavy atom. The molecule has 0 aliphatic heterocycles. The van der Waals surface area contributed by atoms with Crippen LogP contribution in [0.1, 0.15) is 12.0 Å². The SMILES string of the molecule is O=C(O)CC(=O)NCc1ccc(Cl)cc1F. The van der Waals surface area contributed by atoms with E-state index in [1.165, 1.54) is 12.1 Å². The monoisotopic (exact) mass is 245 g/mol. The maximum Gasteiger partial charge on any atom is 0.312 e. The molecule has 0 bridgehead atoms. The first-order valence-corrected chi connectivity index (χ1v) is 4.79. The van der Waals surface area contributed by atoms with Crippen LogP contribution in [0.25, 0.3) is 0 Å². The van der Waals surface area contributed by atoms with Crippen molar-refractivity contribution in [2.75, 3.05) is 0 Å². The first kappa shape index (κ1) is 12.4. The van der Waals surface area contributed by atoms with Gasteiger partial charge in [-0.1, -0.05) is 17.7 Å². The van der Waals surface area contributed by atoms with E-state index in [4.69, 9.17) is 16.7 Å². The predicted octanol–water partition coefficient (Wildman–Crippen LogP) is 1.57. The van der Waals surface area contributed by atoms with Crippen molar-refractivity contribution in [3.05, 3.63) is 34.6 Å². The van der Waals surface area contributed by atoms with Crippen LogP contribution in [0.4, 0.5) is 4.39 Å². The lowest BCUT2D eigenvalue weighted by molar-refractivity contribution is -0.140. The highest BCUT2D eigenvalue weighted by Crippen LogP contribution is 2.14. The number of amides is 1. The summed E-state index contributed by atoms with van der Waals surface area (Å²) in [6.45, 7) is -0.0604. The number of carboxylic acids is 1. The first-order valence-electron chi connectivity index (χ1n) is 4.41. The zero-order chi connectivity index (χ0) is 12.1. The minimum atomic E-state index is -1.23. The van der Waals surface area contributed by atoms with Gasteiger partial charge in [0.15, 0.2) is 0 Å². The fraction of sp³-hybridized carbons (Fsp3) is 0.200. The minimum absolute atomic E-state index is 0.0604. The van der Waals surface area contributed by atoms with Crippen molar-refractivity contribution in [1.82, 2.24) is 5.32 Å². The largest absolute Gasteiger partial charge is 0.481 e. The van der Waals surface area contributed by atoms with Gasteiger partial charge in [-0.25, -0.2) is 4.39 Å². The molecule has 1 aromatic rings. The molecule has 0 heterocycles. The molecule has 0 fully saturated rings. The molecule has 0 saturated carbocycles. The van der Waals surface area contributed by atoms with E-state index in [2.05, 4.69) is 5.32 Å². The van der Waals surface area contributed by atoms with Crippen LogP contribution < -0.4 is 5.32 Å². The van der Waals surface area contributed by atoms with E-state index in [0.717, 1.165) is 6.07 Å². The number of aliphatic carboxylic acids is 1. The summed E-state index contributed by atoms with van der Waals surface area (Å²) < 4.78 is 13.2. The molecule has 0 radical (unpaired) electrons. The highest BCUT2D eigenvalue weighted by Gasteiger charge is 2.08. The lowest BCUT2D eigenvalue weighted by Crippen LogP contribution is -2.25. The van der Waals surface area contributed by atoms with Crippen LogP contribution in [0.5, 0.6) is 0 Å². The molecular formula is C10H9ClFNO3. The Morgan fingerprint density at radius 2 is 2.12 bits per heavy atom. The average Bonchev–Trinajstić information content (AvgIpc) is 2.15. The van der Waals surface area contributed by atoms with Crippen LogP contribution in [0.2, 0.25) is 5.02 Å². The third-order valence-electron chi connectivity index (χ3n) is 1.80. The molecule has 0 spiro atoms. The average molecular weight is 246 g/mol. The van der Waals surface area contributed by atoms with Gasteiger partial charge in [0, 0.05) is 17.1 Å². The Labute approximate surface area is 96.0 Å². The van der Waals surface area contributed by atoms with Crippen molar-refractivity contribution in [2.45, 2.75) is 13.0 Å². The van der Waals surface area contributed by atoms with E-state index in [9.17, 15) is 14.0 Å². The summed E-state index contributed by atoms with van der Waals surface area (Å²) >= 11 is 5.54. The molecule has 86 valence electrons. The fourth-order valence-electron chi connectivity index (χ4n) is 1.06. The van der Waals surface area contributed by atoms with Crippen molar-refractivity contribution in [2.24, 2.45) is 0 Å². The normalized spacial score (nSPS) is 9.88. The van der Waals surface area contributed by atoms with Gasteiger partial charge in [0.2, 0.25) is 5.91 Å². The Morgan fingerprint density at radius 3 is 2.69 bits per heavy atom. The molecule has 4 nitrogen and oxygen atoms in total. The summed E-state index contributed by atoms with van der Waals surface area (Å²) in [6, 6.07) is 4.04. The van der Waals surface area contributed by atoms with E-state index in [-0.39, 0.29) is 17.1 Å². The maximum atomic E-state index is 13.2. The molecule has 16 heavy (non-hydrogen) atoms. The Hall–Kier alpha value is -1.62. The molecule has 0 saturated heterocycles. The summed E-state index contributed by atoms with van der Waals surface area (Å²) in [7, 11) is 0. The van der Waals surface area contributed by atoms with E-state index in [1.807, 2.05) is 0 Å². The molecule has 0 aliphatic rings. The second-order valence-electron chi connectivity index (χ2n) is 3.08. The summed E-state index contributed by atoms with van der Waals surface area (Å²) in [4.78, 5) is 21.1. The van der Waals surface area contributed by atoms with Crippen LogP contribution in [0.15, 0.2) is 18.2 Å². The van der Waals surface area contributed by atoms with E-state index in [1.54, 1.807) is 0 Å². The van der Waals surface area contributed by atoms with Crippen LogP contribution >= 0.6 is 11.6 Å². The third kappa shape index (κ3) is 3.86. The molecule has 0 aliphatic carbocycles. The lowest BCUT2D eigenvalue weighted by Gasteiger charge is -2.05. The number of carboxylic acid groups (broad SMARTS) is 1. The van der Waals surface area contributed by atoms with Crippen LogP contribution in [-0.2, 0) is 16.1 Å². The van der Waals surface area contributed by atoms with E-state index >= 15 is 0 Å². The number of hydrogen-bond acceptors (Lipinski definition) is 2. The van der Waals surface area contributed by atoms with Crippen molar-refractivity contribution in [1.29, 1.82) is 0 Å². The van der Waals surface area contributed by atoms with E-state index in [0.29, 0.717) is 0 Å². The molecule has 0 unspecified atom stereocenters. The van der Waals surface area contributed by atoms with Gasteiger partial charge in [-0.05, 0) is 12.1 Å². The van der Waals surface area contributed by atoms with Gasteiger partial charge in [0.25, 0.3) is 0 Å². The van der Waals surface area contributed by atoms with Gasteiger partial charge in [-0.2, -0.15) is 0 Å². The number of carbonyl (C=O) groups is 2. The Bertz CT molecular complexity index is 423. The van der Waals surface area contributed by atoms with Gasteiger partial charge < -0.3 is 10.4 Å². The topological polar surface area (TPSA) is 66.4 Å². The summed E-state index contributed by atoms with van der Waals surface area (Å²) in [5.74, 6) is -2.43. The number of hydrogen-bond donors (Lipinski definition) is 2. The Balaban J connectivity index is 2.54. The molecule has 2 N–H and O–H groups in total. The van der Waals surface area contributed by atoms with Gasteiger partial charge in [-0.3, -0.25) is 9.59 Å². The number of benzene rings is 1. The molecule has 1 rings (SSSR count). The zero-order valence-corrected chi connectivity index (χ0v) is 8.92. The lowest BCUT2D eigenvalue weighted by atomic mass is 10.2. The number of nitrogens with one attached hydrogen (secondary N) is 1. The van der Waals surface area contributed by atoms with Crippen molar-refractivity contribution in [3.8, 4) is 0 Å². The maximum absolute atomic E-state index is 13.2. The molecule has 1 amide bonds. The van der Waals surface area contributed by atoms with Crippen LogP contribution in [0, 0.1) is 5.82 Å². The van der Waals surface area contributed by atoms with Crippen molar-refractivity contribution < 1.29 is 19.1 Å². The van der Waals surface area contributed by atoms with Crippen LogP contribution in [-0.4, -0.2) is 17.0 Å². The van der Waals surface area contributed by atoms with Gasteiger partial charge in [0.05, 0.1) is 0 Å². The quantitative estimate of drug-likeness (QED) is 0.792. The summed E-state index contributed by atoms with van der Waals surface area (Å²) in [6.07, 6.45) is -0.630. The number of rotatable bonds is 4. The standard InChI is InChI=1S/C10H9ClFNO3/c11-7-2-1-6(8(12)3-7)5-13-9(14)4-10(15)16/h1-3H,4-5H2,(H,13,14)(H,15,16). The molecule has 1 aromatic carbocycles. The second-order valence-corrected chi connectivity index (χ2v) is 3.52. The fourth-order valence-corrected chi connectivity index (χ4v) is 1.22. The highest BCUT2D eigenvalue weighted by atomic mass is 35.5. The summed E-state index contributed by atoms with van der Waals surface area (Å²) in [5, 5.41) is 10.9. The zero-order valence-electron chi connectivity index (χ0n) is 8.17. The molecular weight excluding hydrogens is 237 g/mol. The molecule has 6 heteroatoms. The second kappa shape index (κ2) is 5.46. The smallest absolute Gasteiger partial charge is 0.312 e. The van der Waals surface area contributed by atoms with Crippen molar-refractivity contribution >= 4 is 23.5 Å². The number of carbonyl (C=O) groups excluding carboxylic acids is 1. The third-order valence-corrected chi connectivity index (χ3v) is 2.04. The van der Waals surface area contributed by atoms with Gasteiger partial charge in [0.1, 0.15) is 12.2 Å². The summed E-state index contributed by atoms with van der Waals surface area (Å²) in [5.41, 5.74) is 0.253. The van der Waals surface area contributed by atoms with Crippen molar-refractivity contribution in [3.63, 3.8) is 0 Å².